The van der Waals surface area contributed by atoms with Crippen LogP contribution in [-0.4, -0.2) is 51.5 Å². The molecule has 2 N–H and O–H groups in total. The highest BCUT2D eigenvalue weighted by Gasteiger charge is 2.25. The van der Waals surface area contributed by atoms with Crippen LogP contribution in [0.4, 0.5) is 0 Å². The molecule has 39 heavy (non-hydrogen) atoms. The van der Waals surface area contributed by atoms with Gasteiger partial charge in [-0.25, -0.2) is 5.43 Å². The molecule has 3 rings (SSSR count). The molecule has 206 valence electrons. The molecule has 2 amide bonds. The summed E-state index contributed by atoms with van der Waals surface area (Å²) < 4.78 is 21.7. The van der Waals surface area contributed by atoms with Crippen LogP contribution < -0.4 is 29.7 Å². The van der Waals surface area contributed by atoms with Crippen LogP contribution >= 0.6 is 23.2 Å². The van der Waals surface area contributed by atoms with E-state index in [1.165, 1.54) is 33.6 Å². The highest BCUT2D eigenvalue weighted by Crippen LogP contribution is 2.37. The van der Waals surface area contributed by atoms with Crippen molar-refractivity contribution in [3.8, 4) is 23.0 Å². The largest absolute Gasteiger partial charge is 0.493 e. The van der Waals surface area contributed by atoms with Crippen molar-refractivity contribution in [1.29, 1.82) is 0 Å². The van der Waals surface area contributed by atoms with Gasteiger partial charge in [-0.1, -0.05) is 53.5 Å². The van der Waals surface area contributed by atoms with Crippen molar-refractivity contribution in [2.45, 2.75) is 25.5 Å². The quantitative estimate of drug-likeness (QED) is 0.241. The zero-order chi connectivity index (χ0) is 28.4. The number of carbonyl (C=O) groups is 2. The topological polar surface area (TPSA) is 107 Å². The summed E-state index contributed by atoms with van der Waals surface area (Å²) in [6.07, 6.45) is 0.711. The highest BCUT2D eigenvalue weighted by atomic mass is 35.5. The molecular formula is C28H29Cl2N3O6. The number of rotatable bonds is 12. The Morgan fingerprint density at radius 3 is 2.15 bits per heavy atom. The lowest BCUT2D eigenvalue weighted by atomic mass is 10.1. The molecule has 0 aliphatic heterocycles. The van der Waals surface area contributed by atoms with Crippen LogP contribution in [0.2, 0.25) is 10.0 Å². The fourth-order valence-corrected chi connectivity index (χ4v) is 4.04. The number of ether oxygens (including phenoxy) is 4. The summed E-state index contributed by atoms with van der Waals surface area (Å²) in [5.74, 6) is 0.575. The molecule has 2 atom stereocenters. The van der Waals surface area contributed by atoms with Gasteiger partial charge in [-0.3, -0.25) is 9.59 Å². The molecule has 0 spiro atoms. The van der Waals surface area contributed by atoms with E-state index >= 15 is 0 Å². The molecule has 0 saturated heterocycles. The minimum absolute atomic E-state index is 0.229. The summed E-state index contributed by atoms with van der Waals surface area (Å²) >= 11 is 12.1. The van der Waals surface area contributed by atoms with Crippen LogP contribution in [-0.2, 0) is 16.0 Å². The van der Waals surface area contributed by atoms with E-state index in [9.17, 15) is 9.59 Å². The number of nitrogens with zero attached hydrogens (tertiary/aromatic N) is 1. The SMILES string of the molecule is COc1cc(/C=N\NC(=O)[C@@H](Cc2ccccc2)NC(=O)[C@H](C)Oc2ccc(Cl)cc2Cl)cc(OC)c1OC. The summed E-state index contributed by atoms with van der Waals surface area (Å²) in [6, 6.07) is 16.4. The van der Waals surface area contributed by atoms with Crippen LogP contribution in [0.1, 0.15) is 18.1 Å². The summed E-state index contributed by atoms with van der Waals surface area (Å²) in [6.45, 7) is 1.56. The number of methoxy groups -OCH3 is 3. The second-order valence-corrected chi connectivity index (χ2v) is 9.12. The molecule has 0 bridgehead atoms. The third kappa shape index (κ3) is 8.27. The van der Waals surface area contributed by atoms with Crippen LogP contribution in [0.15, 0.2) is 65.8 Å². The van der Waals surface area contributed by atoms with Gasteiger partial charge in [-0.15, -0.1) is 0 Å². The molecule has 0 aromatic heterocycles. The first-order valence-corrected chi connectivity index (χ1v) is 12.6. The lowest BCUT2D eigenvalue weighted by Crippen LogP contribution is -2.50. The normalized spacial score (nSPS) is 12.4. The number of hydrogen-bond acceptors (Lipinski definition) is 7. The molecule has 0 fully saturated rings. The Morgan fingerprint density at radius 2 is 1.56 bits per heavy atom. The molecular weight excluding hydrogens is 545 g/mol. The van der Waals surface area contributed by atoms with E-state index < -0.39 is 24.0 Å². The summed E-state index contributed by atoms with van der Waals surface area (Å²) in [4.78, 5) is 26.1. The second-order valence-electron chi connectivity index (χ2n) is 8.28. The average Bonchev–Trinajstić information content (AvgIpc) is 2.93. The summed E-state index contributed by atoms with van der Waals surface area (Å²) in [5.41, 5.74) is 3.93. The number of nitrogens with one attached hydrogen (secondary N) is 2. The van der Waals surface area contributed by atoms with Gasteiger partial charge < -0.3 is 24.3 Å². The molecule has 11 heteroatoms. The zero-order valence-electron chi connectivity index (χ0n) is 21.9. The number of hydrazone groups is 1. The van der Waals surface area contributed by atoms with Crippen molar-refractivity contribution in [3.05, 3.63) is 81.8 Å². The van der Waals surface area contributed by atoms with Crippen molar-refractivity contribution < 1.29 is 28.5 Å². The Kier molecular flexibility index (Phi) is 10.8. The van der Waals surface area contributed by atoms with Crippen molar-refractivity contribution in [2.75, 3.05) is 21.3 Å². The van der Waals surface area contributed by atoms with Gasteiger partial charge in [0.1, 0.15) is 11.8 Å². The van der Waals surface area contributed by atoms with Gasteiger partial charge in [-0.05, 0) is 42.8 Å². The molecule has 0 aliphatic rings. The van der Waals surface area contributed by atoms with Crippen molar-refractivity contribution >= 4 is 41.2 Å². The molecule has 0 saturated carbocycles. The fraction of sp³-hybridized carbons (Fsp3) is 0.250. The lowest BCUT2D eigenvalue weighted by Gasteiger charge is -2.21. The van der Waals surface area contributed by atoms with Crippen molar-refractivity contribution in [3.63, 3.8) is 0 Å². The van der Waals surface area contributed by atoms with Gasteiger partial charge in [-0.2, -0.15) is 5.10 Å². The van der Waals surface area contributed by atoms with Crippen LogP contribution in [0, 0.1) is 0 Å². The van der Waals surface area contributed by atoms with Crippen molar-refractivity contribution in [2.24, 2.45) is 5.10 Å². The maximum Gasteiger partial charge on any atom is 0.262 e. The molecule has 0 unspecified atom stereocenters. The molecule has 0 radical (unpaired) electrons. The number of hydrogen-bond donors (Lipinski definition) is 2. The third-order valence-corrected chi connectivity index (χ3v) is 6.09. The third-order valence-electron chi connectivity index (χ3n) is 5.56. The molecule has 0 heterocycles. The smallest absolute Gasteiger partial charge is 0.262 e. The van der Waals surface area contributed by atoms with E-state index in [0.717, 1.165) is 5.56 Å². The second kappa shape index (κ2) is 14.3. The monoisotopic (exact) mass is 573 g/mol. The van der Waals surface area contributed by atoms with Crippen LogP contribution in [0.3, 0.4) is 0 Å². The Bertz CT molecular complexity index is 1290. The molecule has 3 aromatic carbocycles. The van der Waals surface area contributed by atoms with Gasteiger partial charge in [0.15, 0.2) is 17.6 Å². The first kappa shape index (κ1) is 29.6. The molecule has 0 aliphatic carbocycles. The van der Waals surface area contributed by atoms with Gasteiger partial charge >= 0.3 is 0 Å². The maximum absolute atomic E-state index is 13.1. The first-order valence-electron chi connectivity index (χ1n) is 11.8. The predicted molar refractivity (Wildman–Crippen MR) is 150 cm³/mol. The number of halogens is 2. The molecule has 9 nitrogen and oxygen atoms in total. The Hall–Kier alpha value is -3.95. The standard InChI is InChI=1S/C28H29Cl2N3O6/c1-17(39-23-11-10-20(29)15-21(23)30)27(34)32-22(12-18-8-6-5-7-9-18)28(35)33-31-16-19-13-24(36-2)26(38-4)25(14-19)37-3/h5-11,13-17,22H,12H2,1-4H3,(H,32,34)(H,33,35)/b31-16-/t17-,22+/m0/s1. The van der Waals surface area contributed by atoms with Gasteiger partial charge in [0.05, 0.1) is 32.6 Å². The van der Waals surface area contributed by atoms with Gasteiger partial charge in [0, 0.05) is 17.0 Å². The number of amides is 2. The van der Waals surface area contributed by atoms with Crippen LogP contribution in [0.25, 0.3) is 0 Å². The Morgan fingerprint density at radius 1 is 0.897 bits per heavy atom. The van der Waals surface area contributed by atoms with Crippen molar-refractivity contribution in [1.82, 2.24) is 10.7 Å². The summed E-state index contributed by atoms with van der Waals surface area (Å²) in [5, 5.41) is 7.51. The maximum atomic E-state index is 13.1. The van der Waals surface area contributed by atoms with Gasteiger partial charge in [0.2, 0.25) is 5.75 Å². The van der Waals surface area contributed by atoms with E-state index in [1.807, 2.05) is 30.3 Å². The van der Waals surface area contributed by atoms with Gasteiger partial charge in [0.25, 0.3) is 11.8 Å². The van der Waals surface area contributed by atoms with Crippen LogP contribution in [0.5, 0.6) is 23.0 Å². The number of carbonyl (C=O) groups excluding carboxylic acids is 2. The highest BCUT2D eigenvalue weighted by molar-refractivity contribution is 6.35. The number of benzene rings is 3. The predicted octanol–water partition coefficient (Wildman–Crippen LogP) is 4.66. The minimum atomic E-state index is -0.947. The first-order chi connectivity index (χ1) is 18.7. The lowest BCUT2D eigenvalue weighted by molar-refractivity contribution is -0.132. The Balaban J connectivity index is 1.74. The Labute approximate surface area is 237 Å². The van der Waals surface area contributed by atoms with E-state index in [0.29, 0.717) is 33.6 Å². The van der Waals surface area contributed by atoms with E-state index in [-0.39, 0.29) is 11.4 Å². The minimum Gasteiger partial charge on any atom is -0.493 e. The average molecular weight is 574 g/mol. The van der Waals surface area contributed by atoms with E-state index in [1.54, 1.807) is 31.2 Å². The zero-order valence-corrected chi connectivity index (χ0v) is 23.4. The summed E-state index contributed by atoms with van der Waals surface area (Å²) in [7, 11) is 4.51. The molecule has 3 aromatic rings. The fourth-order valence-electron chi connectivity index (χ4n) is 3.59. The van der Waals surface area contributed by atoms with E-state index in [2.05, 4.69) is 15.8 Å². The van der Waals surface area contributed by atoms with E-state index in [4.69, 9.17) is 42.1 Å².